The first kappa shape index (κ1) is 16.2. The van der Waals surface area contributed by atoms with Gasteiger partial charge < -0.3 is 0 Å². The molecule has 0 radical (unpaired) electrons. The van der Waals surface area contributed by atoms with E-state index in [4.69, 9.17) is 0 Å². The van der Waals surface area contributed by atoms with Gasteiger partial charge in [-0.05, 0) is 37.1 Å². The summed E-state index contributed by atoms with van der Waals surface area (Å²) < 4.78 is 40.7. The summed E-state index contributed by atoms with van der Waals surface area (Å²) in [7, 11) is 0. The minimum Gasteiger partial charge on any atom is -0.282 e. The van der Waals surface area contributed by atoms with Crippen molar-refractivity contribution in [1.29, 1.82) is 0 Å². The second-order valence-electron chi connectivity index (χ2n) is 5.86. The first-order valence-electron chi connectivity index (χ1n) is 7.55. The first-order valence-corrected chi connectivity index (χ1v) is 7.55. The Morgan fingerprint density at radius 1 is 1.08 bits per heavy atom. The van der Waals surface area contributed by atoms with E-state index >= 15 is 0 Å². The lowest BCUT2D eigenvalue weighted by atomic mass is 10.1. The second-order valence-corrected chi connectivity index (χ2v) is 5.86. The topological polar surface area (TPSA) is 78.0 Å². The highest BCUT2D eigenvalue weighted by Crippen LogP contribution is 2.26. The summed E-state index contributed by atoms with van der Waals surface area (Å²) in [5.41, 5.74) is 1.99. The fourth-order valence-electron chi connectivity index (χ4n) is 2.69. The predicted molar refractivity (Wildman–Crippen MR) is 86.2 cm³/mol. The van der Waals surface area contributed by atoms with Crippen molar-refractivity contribution in [2.24, 2.45) is 0 Å². The number of hydrogen-bond donors (Lipinski definition) is 0. The van der Waals surface area contributed by atoms with E-state index in [0.717, 1.165) is 15.6 Å². The number of aromatic nitrogens is 6. The van der Waals surface area contributed by atoms with Gasteiger partial charge in [-0.1, -0.05) is 12.1 Å². The lowest BCUT2D eigenvalue weighted by Gasteiger charge is -2.10. The standard InChI is InChI=1S/C16H11F3N6O/c1-8-3-4-9(2)11(7-8)24-6-5-10-12(13(24)26)21-22-15-20-14(16(17,18)19)23-25(10)15/h3-7H,1-2H3. The van der Waals surface area contributed by atoms with E-state index < -0.39 is 17.6 Å². The molecule has 7 nitrogen and oxygen atoms in total. The summed E-state index contributed by atoms with van der Waals surface area (Å²) in [5, 5.41) is 10.8. The van der Waals surface area contributed by atoms with Crippen LogP contribution in [0.3, 0.4) is 0 Å². The number of benzene rings is 1. The van der Waals surface area contributed by atoms with Gasteiger partial charge in [0.1, 0.15) is 5.52 Å². The van der Waals surface area contributed by atoms with E-state index in [1.807, 2.05) is 32.0 Å². The molecule has 0 aliphatic rings. The quantitative estimate of drug-likeness (QED) is 0.521. The summed E-state index contributed by atoms with van der Waals surface area (Å²) in [5.74, 6) is -1.66. The molecule has 0 saturated carbocycles. The lowest BCUT2D eigenvalue weighted by molar-refractivity contribution is -0.144. The average Bonchev–Trinajstić information content (AvgIpc) is 3.02. The summed E-state index contributed by atoms with van der Waals surface area (Å²) in [6.07, 6.45) is -3.24. The number of fused-ring (bicyclic) bond motifs is 3. The van der Waals surface area contributed by atoms with Crippen molar-refractivity contribution in [1.82, 2.24) is 29.4 Å². The molecule has 0 unspecified atom stereocenters. The monoisotopic (exact) mass is 360 g/mol. The normalized spacial score (nSPS) is 12.2. The van der Waals surface area contributed by atoms with Crippen LogP contribution in [0.15, 0.2) is 35.3 Å². The zero-order valence-corrected chi connectivity index (χ0v) is 13.6. The minimum absolute atomic E-state index is 0.0977. The number of nitrogens with zero attached hydrogens (tertiary/aromatic N) is 6. The molecule has 3 heterocycles. The molecule has 0 amide bonds. The fraction of sp³-hybridized carbons (Fsp3) is 0.188. The number of aryl methyl sites for hydroxylation is 2. The zero-order valence-electron chi connectivity index (χ0n) is 13.6. The number of halogens is 3. The van der Waals surface area contributed by atoms with Crippen molar-refractivity contribution in [2.45, 2.75) is 20.0 Å². The van der Waals surface area contributed by atoms with E-state index in [2.05, 4.69) is 20.3 Å². The van der Waals surface area contributed by atoms with Gasteiger partial charge in [0.05, 0.1) is 5.69 Å². The van der Waals surface area contributed by atoms with Gasteiger partial charge in [0, 0.05) is 6.20 Å². The summed E-state index contributed by atoms with van der Waals surface area (Å²) in [6, 6.07) is 7.10. The molecular weight excluding hydrogens is 349 g/mol. The third-order valence-electron chi connectivity index (χ3n) is 3.98. The molecule has 10 heteroatoms. The van der Waals surface area contributed by atoms with Gasteiger partial charge in [0.15, 0.2) is 5.52 Å². The zero-order chi connectivity index (χ0) is 18.6. The van der Waals surface area contributed by atoms with Crippen molar-refractivity contribution in [3.8, 4) is 5.69 Å². The molecule has 1 aromatic carbocycles. The van der Waals surface area contributed by atoms with Crippen LogP contribution in [-0.2, 0) is 6.18 Å². The van der Waals surface area contributed by atoms with Crippen molar-refractivity contribution in [3.63, 3.8) is 0 Å². The smallest absolute Gasteiger partial charge is 0.282 e. The molecule has 4 rings (SSSR count). The van der Waals surface area contributed by atoms with Gasteiger partial charge >= 0.3 is 6.18 Å². The molecule has 0 atom stereocenters. The van der Waals surface area contributed by atoms with Gasteiger partial charge in [-0.3, -0.25) is 9.36 Å². The van der Waals surface area contributed by atoms with E-state index in [1.54, 1.807) is 0 Å². The Balaban J connectivity index is 2.01. The van der Waals surface area contributed by atoms with Gasteiger partial charge in [-0.2, -0.15) is 22.7 Å². The van der Waals surface area contributed by atoms with Gasteiger partial charge in [0.2, 0.25) is 0 Å². The van der Waals surface area contributed by atoms with Crippen LogP contribution in [0.2, 0.25) is 0 Å². The van der Waals surface area contributed by atoms with E-state index in [0.29, 0.717) is 5.69 Å². The van der Waals surface area contributed by atoms with Gasteiger partial charge in [0.25, 0.3) is 17.2 Å². The van der Waals surface area contributed by atoms with Crippen LogP contribution in [-0.4, -0.2) is 29.4 Å². The lowest BCUT2D eigenvalue weighted by Crippen LogP contribution is -2.21. The van der Waals surface area contributed by atoms with Crippen LogP contribution in [0.4, 0.5) is 13.2 Å². The molecule has 0 fully saturated rings. The van der Waals surface area contributed by atoms with Crippen molar-refractivity contribution < 1.29 is 13.2 Å². The Hall–Kier alpha value is -3.30. The van der Waals surface area contributed by atoms with Crippen LogP contribution in [0.5, 0.6) is 0 Å². The highest BCUT2D eigenvalue weighted by molar-refractivity contribution is 5.74. The van der Waals surface area contributed by atoms with E-state index in [1.165, 1.54) is 16.8 Å². The number of rotatable bonds is 1. The molecule has 0 spiro atoms. The van der Waals surface area contributed by atoms with Crippen LogP contribution in [0.1, 0.15) is 17.0 Å². The molecular formula is C16H11F3N6O. The van der Waals surface area contributed by atoms with Gasteiger partial charge in [-0.25, -0.2) is 0 Å². The molecule has 26 heavy (non-hydrogen) atoms. The third-order valence-corrected chi connectivity index (χ3v) is 3.98. The number of alkyl halides is 3. The van der Waals surface area contributed by atoms with Crippen molar-refractivity contribution >= 4 is 16.8 Å². The molecule has 4 aromatic rings. The predicted octanol–water partition coefficient (Wildman–Crippen LogP) is 2.46. The molecule has 0 aliphatic heterocycles. The molecule has 3 aromatic heterocycles. The summed E-state index contributed by atoms with van der Waals surface area (Å²) in [6.45, 7) is 3.75. The van der Waals surface area contributed by atoms with Crippen molar-refractivity contribution in [3.05, 3.63) is 57.8 Å². The maximum atomic E-state index is 12.8. The van der Waals surface area contributed by atoms with Crippen LogP contribution in [0, 0.1) is 13.8 Å². The first-order chi connectivity index (χ1) is 12.3. The SMILES string of the molecule is Cc1ccc(C)c(-n2ccc3c(nnc4nc(C(F)(F)F)nn43)c2=O)c1. The Labute approximate surface area is 143 Å². The van der Waals surface area contributed by atoms with Crippen LogP contribution >= 0.6 is 0 Å². The average molecular weight is 360 g/mol. The Morgan fingerprint density at radius 2 is 1.85 bits per heavy atom. The van der Waals surface area contributed by atoms with Crippen molar-refractivity contribution in [2.75, 3.05) is 0 Å². The van der Waals surface area contributed by atoms with Gasteiger partial charge in [-0.15, -0.1) is 15.3 Å². The molecule has 0 saturated heterocycles. The maximum absolute atomic E-state index is 12.8. The highest BCUT2D eigenvalue weighted by atomic mass is 19.4. The Morgan fingerprint density at radius 3 is 2.58 bits per heavy atom. The summed E-state index contributed by atoms with van der Waals surface area (Å²) in [4.78, 5) is 16.1. The molecule has 132 valence electrons. The summed E-state index contributed by atoms with van der Waals surface area (Å²) >= 11 is 0. The maximum Gasteiger partial charge on any atom is 0.453 e. The third kappa shape index (κ3) is 2.41. The molecule has 0 aliphatic carbocycles. The van der Waals surface area contributed by atoms with Crippen LogP contribution in [0.25, 0.3) is 22.5 Å². The van der Waals surface area contributed by atoms with E-state index in [-0.39, 0.29) is 16.8 Å². The largest absolute Gasteiger partial charge is 0.453 e. The van der Waals surface area contributed by atoms with Crippen LogP contribution < -0.4 is 5.56 Å². The minimum atomic E-state index is -4.71. The number of pyridine rings is 1. The number of hydrogen-bond acceptors (Lipinski definition) is 5. The Bertz CT molecular complexity index is 1220. The second kappa shape index (κ2) is 5.35. The Kier molecular flexibility index (Phi) is 3.33. The highest BCUT2D eigenvalue weighted by Gasteiger charge is 2.36. The fourth-order valence-corrected chi connectivity index (χ4v) is 2.69. The van der Waals surface area contributed by atoms with E-state index in [9.17, 15) is 18.0 Å². The molecule has 0 N–H and O–H groups in total. The molecule has 0 bridgehead atoms.